The number of nitrogens with zero attached hydrogens (tertiary/aromatic N) is 1. The minimum atomic E-state index is -0.544. The summed E-state index contributed by atoms with van der Waals surface area (Å²) in [6, 6.07) is 20.2. The molecule has 0 radical (unpaired) electrons. The molecule has 2 fully saturated rings. The first-order chi connectivity index (χ1) is 19.6. The molecule has 1 unspecified atom stereocenters. The Morgan fingerprint density at radius 3 is 2.41 bits per heavy atom. The summed E-state index contributed by atoms with van der Waals surface area (Å²) in [5.41, 5.74) is 4.25. The number of anilines is 2. The average Bonchev–Trinajstić information content (AvgIpc) is 3.46. The molecule has 3 aromatic carbocycles. The highest BCUT2D eigenvalue weighted by Gasteiger charge is 2.40. The molecule has 0 aromatic heterocycles. The van der Waals surface area contributed by atoms with Gasteiger partial charge in [0.1, 0.15) is 5.82 Å². The fourth-order valence-electron chi connectivity index (χ4n) is 5.92. The van der Waals surface area contributed by atoms with Crippen molar-refractivity contribution < 1.29 is 18.7 Å². The third-order valence-electron chi connectivity index (χ3n) is 8.21. The van der Waals surface area contributed by atoms with E-state index in [9.17, 15) is 14.0 Å². The van der Waals surface area contributed by atoms with Gasteiger partial charge in [-0.2, -0.15) is 0 Å². The number of carbonyl (C=O) groups excluding carboxylic acids is 2. The van der Waals surface area contributed by atoms with Gasteiger partial charge >= 0.3 is 0 Å². The molecule has 2 heterocycles. The molecule has 6 nitrogen and oxygen atoms in total. The van der Waals surface area contributed by atoms with Crippen LogP contribution in [0.25, 0.3) is 0 Å². The molecular formula is C34H40FN3O3. The molecule has 0 spiro atoms. The van der Waals surface area contributed by atoms with E-state index in [4.69, 9.17) is 4.74 Å². The second-order valence-electron chi connectivity index (χ2n) is 12.3. The van der Waals surface area contributed by atoms with Crippen LogP contribution >= 0.6 is 0 Å². The fourth-order valence-corrected chi connectivity index (χ4v) is 5.92. The highest BCUT2D eigenvalue weighted by molar-refractivity contribution is 5.98. The number of likely N-dealkylation sites (tertiary alicyclic amines) is 1. The first-order valence-corrected chi connectivity index (χ1v) is 14.5. The second kappa shape index (κ2) is 12.0. The van der Waals surface area contributed by atoms with Gasteiger partial charge in [0.25, 0.3) is 5.91 Å². The lowest BCUT2D eigenvalue weighted by molar-refractivity contribution is -0.123. The van der Waals surface area contributed by atoms with E-state index in [1.165, 1.54) is 6.07 Å². The number of rotatable bonds is 6. The molecule has 5 rings (SSSR count). The Balaban J connectivity index is 1.47. The van der Waals surface area contributed by atoms with Gasteiger partial charge in [-0.05, 0) is 78.6 Å². The van der Waals surface area contributed by atoms with Gasteiger partial charge in [0.2, 0.25) is 5.91 Å². The highest BCUT2D eigenvalue weighted by Crippen LogP contribution is 2.39. The second-order valence-corrected chi connectivity index (χ2v) is 12.3. The van der Waals surface area contributed by atoms with E-state index in [0.29, 0.717) is 31.6 Å². The summed E-state index contributed by atoms with van der Waals surface area (Å²) >= 11 is 0. The SMILES string of the molecule is Cc1cccc(F)c1C(=O)N1CCC[C@H](C(=O)Nc2cccc(C(C)(C)C)c2)[C@@H]1c1ccc(NC2CCOC2)cc1. The number of piperidine rings is 1. The van der Waals surface area contributed by atoms with Crippen LogP contribution < -0.4 is 10.6 Å². The van der Waals surface area contributed by atoms with Gasteiger partial charge in [0.15, 0.2) is 0 Å². The molecule has 7 heteroatoms. The molecule has 41 heavy (non-hydrogen) atoms. The van der Waals surface area contributed by atoms with Gasteiger partial charge < -0.3 is 20.3 Å². The maximum atomic E-state index is 15.0. The lowest BCUT2D eigenvalue weighted by atomic mass is 9.83. The van der Waals surface area contributed by atoms with Crippen molar-refractivity contribution in [3.8, 4) is 0 Å². The van der Waals surface area contributed by atoms with Crippen LogP contribution in [0.1, 0.15) is 73.1 Å². The fraction of sp³-hybridized carbons (Fsp3) is 0.412. The van der Waals surface area contributed by atoms with Crippen molar-refractivity contribution in [2.24, 2.45) is 5.92 Å². The van der Waals surface area contributed by atoms with E-state index < -0.39 is 17.8 Å². The first-order valence-electron chi connectivity index (χ1n) is 14.5. The molecule has 3 aromatic rings. The van der Waals surface area contributed by atoms with Gasteiger partial charge in [-0.3, -0.25) is 9.59 Å². The van der Waals surface area contributed by atoms with Crippen LogP contribution in [0.15, 0.2) is 66.7 Å². The number of hydrogen-bond donors (Lipinski definition) is 2. The van der Waals surface area contributed by atoms with Crippen LogP contribution in [0, 0.1) is 18.7 Å². The zero-order valence-corrected chi connectivity index (χ0v) is 24.4. The van der Waals surface area contributed by atoms with Crippen LogP contribution in [0.3, 0.4) is 0 Å². The van der Waals surface area contributed by atoms with E-state index in [1.807, 2.05) is 42.5 Å². The van der Waals surface area contributed by atoms with Crippen molar-refractivity contribution in [1.82, 2.24) is 4.90 Å². The van der Waals surface area contributed by atoms with Crippen LogP contribution in [0.2, 0.25) is 0 Å². The monoisotopic (exact) mass is 557 g/mol. The minimum absolute atomic E-state index is 0.0602. The summed E-state index contributed by atoms with van der Waals surface area (Å²) < 4.78 is 20.4. The summed E-state index contributed by atoms with van der Waals surface area (Å²) in [6.45, 7) is 10.0. The first kappa shape index (κ1) is 28.8. The zero-order valence-electron chi connectivity index (χ0n) is 24.4. The van der Waals surface area contributed by atoms with Gasteiger partial charge in [0, 0.05) is 24.5 Å². The van der Waals surface area contributed by atoms with Crippen LogP contribution in [0.4, 0.5) is 15.8 Å². The third kappa shape index (κ3) is 6.46. The molecular weight excluding hydrogens is 517 g/mol. The number of aryl methyl sites for hydroxylation is 1. The predicted molar refractivity (Wildman–Crippen MR) is 161 cm³/mol. The van der Waals surface area contributed by atoms with Crippen LogP contribution in [0.5, 0.6) is 0 Å². The molecule has 2 N–H and O–H groups in total. The Kier molecular flexibility index (Phi) is 8.45. The number of carbonyl (C=O) groups is 2. The number of hydrogen-bond acceptors (Lipinski definition) is 4. The Hall–Kier alpha value is -3.71. The van der Waals surface area contributed by atoms with Crippen molar-refractivity contribution in [3.05, 3.63) is 94.8 Å². The van der Waals surface area contributed by atoms with Gasteiger partial charge in [-0.25, -0.2) is 4.39 Å². The minimum Gasteiger partial charge on any atom is -0.380 e. The molecule has 0 aliphatic carbocycles. The molecule has 2 amide bonds. The van der Waals surface area contributed by atoms with Gasteiger partial charge in [-0.15, -0.1) is 0 Å². The Morgan fingerprint density at radius 2 is 1.73 bits per heavy atom. The summed E-state index contributed by atoms with van der Waals surface area (Å²) in [4.78, 5) is 29.5. The molecule has 0 saturated carbocycles. The summed E-state index contributed by atoms with van der Waals surface area (Å²) in [5.74, 6) is -1.57. The summed E-state index contributed by atoms with van der Waals surface area (Å²) in [7, 11) is 0. The zero-order chi connectivity index (χ0) is 29.1. The number of ether oxygens (including phenoxy) is 1. The normalized spacial score (nSPS) is 21.0. The number of nitrogens with one attached hydrogen (secondary N) is 2. The Bertz CT molecular complexity index is 1370. The number of amides is 2. The van der Waals surface area contributed by atoms with E-state index in [2.05, 4.69) is 37.5 Å². The van der Waals surface area contributed by atoms with Crippen molar-refractivity contribution in [1.29, 1.82) is 0 Å². The molecule has 3 atom stereocenters. The lowest BCUT2D eigenvalue weighted by Crippen LogP contribution is -2.46. The van der Waals surface area contributed by atoms with Crippen LogP contribution in [-0.4, -0.2) is 42.5 Å². The Labute approximate surface area is 242 Å². The Morgan fingerprint density at radius 1 is 0.976 bits per heavy atom. The lowest BCUT2D eigenvalue weighted by Gasteiger charge is -2.41. The van der Waals surface area contributed by atoms with E-state index >= 15 is 0 Å². The maximum absolute atomic E-state index is 15.0. The van der Waals surface area contributed by atoms with Gasteiger partial charge in [-0.1, -0.05) is 57.2 Å². The maximum Gasteiger partial charge on any atom is 0.257 e. The van der Waals surface area contributed by atoms with Gasteiger partial charge in [0.05, 0.1) is 30.2 Å². The molecule has 216 valence electrons. The molecule has 2 saturated heterocycles. The molecule has 2 aliphatic heterocycles. The van der Waals surface area contributed by atoms with E-state index in [0.717, 1.165) is 35.5 Å². The van der Waals surface area contributed by atoms with Crippen molar-refractivity contribution in [2.75, 3.05) is 30.4 Å². The largest absolute Gasteiger partial charge is 0.380 e. The molecule has 0 bridgehead atoms. The summed E-state index contributed by atoms with van der Waals surface area (Å²) in [6.07, 6.45) is 2.22. The van der Waals surface area contributed by atoms with E-state index in [-0.39, 0.29) is 28.8 Å². The van der Waals surface area contributed by atoms with E-state index in [1.54, 1.807) is 24.0 Å². The highest BCUT2D eigenvalue weighted by atomic mass is 19.1. The average molecular weight is 558 g/mol. The standard InChI is InChI=1S/C34H40FN3O3/c1-22-8-5-12-29(35)30(22)33(40)38-18-7-11-28(32(39)37-26-10-6-9-24(20-26)34(2,3)4)31(38)23-13-15-25(16-14-23)36-27-17-19-41-21-27/h5-6,8-10,12-16,20,27-28,31,36H,7,11,17-19,21H2,1-4H3,(H,37,39)/t27?,28-,31-/m0/s1. The summed E-state index contributed by atoms with van der Waals surface area (Å²) in [5, 5.41) is 6.62. The quantitative estimate of drug-likeness (QED) is 0.347. The number of halogens is 1. The topological polar surface area (TPSA) is 70.7 Å². The number of benzene rings is 3. The van der Waals surface area contributed by atoms with Crippen molar-refractivity contribution in [3.63, 3.8) is 0 Å². The van der Waals surface area contributed by atoms with Crippen LogP contribution in [-0.2, 0) is 14.9 Å². The third-order valence-corrected chi connectivity index (χ3v) is 8.21. The smallest absolute Gasteiger partial charge is 0.257 e. The predicted octanol–water partition coefficient (Wildman–Crippen LogP) is 6.86. The van der Waals surface area contributed by atoms with Crippen molar-refractivity contribution in [2.45, 2.75) is 64.5 Å². The molecule has 2 aliphatic rings. The van der Waals surface area contributed by atoms with Crippen molar-refractivity contribution >= 4 is 23.2 Å².